The topological polar surface area (TPSA) is 41.6 Å². The second-order valence-electron chi connectivity index (χ2n) is 6.44. The number of para-hydroxylation sites is 2. The van der Waals surface area contributed by atoms with Gasteiger partial charge in [-0.3, -0.25) is 9.47 Å². The number of aromatic nitrogens is 1. The Bertz CT molecular complexity index is 955. The minimum absolute atomic E-state index is 0.297. The molecular weight excluding hydrogens is 338 g/mol. The number of piperazine rings is 1. The summed E-state index contributed by atoms with van der Waals surface area (Å²) in [4.78, 5) is 16.8. The summed E-state index contributed by atoms with van der Waals surface area (Å²) in [6, 6.07) is 13.6. The van der Waals surface area contributed by atoms with Gasteiger partial charge in [-0.25, -0.2) is 4.79 Å². The average Bonchev–Trinajstić information content (AvgIpc) is 2.93. The van der Waals surface area contributed by atoms with Gasteiger partial charge in [0.25, 0.3) is 0 Å². The maximum Gasteiger partial charge on any atom is 0.421 e. The Morgan fingerprint density at radius 2 is 1.84 bits per heavy atom. The Labute approximate surface area is 151 Å². The van der Waals surface area contributed by atoms with Crippen molar-refractivity contribution in [2.24, 2.45) is 0 Å². The number of aryl methyl sites for hydroxylation is 1. The second kappa shape index (κ2) is 6.58. The van der Waals surface area contributed by atoms with Crippen molar-refractivity contribution in [3.05, 3.63) is 63.6 Å². The predicted octanol–water partition coefficient (Wildman–Crippen LogP) is 3.34. The Morgan fingerprint density at radius 3 is 2.64 bits per heavy atom. The second-order valence-corrected chi connectivity index (χ2v) is 6.88. The van der Waals surface area contributed by atoms with Gasteiger partial charge in [0.15, 0.2) is 5.58 Å². The Kier molecular flexibility index (Phi) is 4.27. The predicted molar refractivity (Wildman–Crippen MR) is 100 cm³/mol. The highest BCUT2D eigenvalue weighted by atomic mass is 35.5. The first-order valence-corrected chi connectivity index (χ1v) is 8.81. The quantitative estimate of drug-likeness (QED) is 0.721. The lowest BCUT2D eigenvalue weighted by molar-refractivity contribution is 0.202. The molecule has 2 heterocycles. The number of hydrogen-bond donors (Lipinski definition) is 0. The van der Waals surface area contributed by atoms with E-state index in [2.05, 4.69) is 22.8 Å². The van der Waals surface area contributed by atoms with Crippen molar-refractivity contribution >= 4 is 28.4 Å². The van der Waals surface area contributed by atoms with Crippen molar-refractivity contribution < 1.29 is 4.42 Å². The molecule has 0 saturated carbocycles. The molecule has 0 unspecified atom stereocenters. The summed E-state index contributed by atoms with van der Waals surface area (Å²) in [7, 11) is 0. The van der Waals surface area contributed by atoms with E-state index in [0.29, 0.717) is 12.3 Å². The molecule has 130 valence electrons. The van der Waals surface area contributed by atoms with Gasteiger partial charge in [-0.05, 0) is 36.8 Å². The van der Waals surface area contributed by atoms with Crippen LogP contribution in [0.3, 0.4) is 0 Å². The number of benzene rings is 2. The lowest BCUT2D eigenvalue weighted by Crippen LogP contribution is -2.47. The molecule has 1 saturated heterocycles. The van der Waals surface area contributed by atoms with E-state index in [0.717, 1.165) is 36.7 Å². The van der Waals surface area contributed by atoms with Crippen LogP contribution in [0, 0.1) is 6.92 Å². The highest BCUT2D eigenvalue weighted by molar-refractivity contribution is 6.30. The molecule has 0 atom stereocenters. The first-order chi connectivity index (χ1) is 12.1. The number of rotatable bonds is 3. The average molecular weight is 358 g/mol. The summed E-state index contributed by atoms with van der Waals surface area (Å²) in [6.07, 6.45) is 0. The van der Waals surface area contributed by atoms with Crippen molar-refractivity contribution in [3.8, 4) is 0 Å². The van der Waals surface area contributed by atoms with Crippen LogP contribution < -0.4 is 10.7 Å². The summed E-state index contributed by atoms with van der Waals surface area (Å²) >= 11 is 6.15. The third-order valence-electron chi connectivity index (χ3n) is 4.80. The van der Waals surface area contributed by atoms with E-state index < -0.39 is 0 Å². The largest absolute Gasteiger partial charge is 0.421 e. The standard InChI is InChI=1S/C19H20ClN3O2/c1-14-6-7-15(20)12-17(14)22-10-8-21(9-11-22)13-23-16-4-2-3-5-18(16)25-19(23)24/h2-7,12H,8-11,13H2,1H3. The molecular formula is C19H20ClN3O2. The number of hydrogen-bond acceptors (Lipinski definition) is 4. The SMILES string of the molecule is Cc1ccc(Cl)cc1N1CCN(Cn2c(=O)oc3ccccc32)CC1. The molecule has 5 nitrogen and oxygen atoms in total. The van der Waals surface area contributed by atoms with Crippen molar-refractivity contribution in [1.29, 1.82) is 0 Å². The van der Waals surface area contributed by atoms with Gasteiger partial charge in [0.1, 0.15) is 0 Å². The number of halogens is 1. The van der Waals surface area contributed by atoms with Gasteiger partial charge in [0.2, 0.25) is 0 Å². The van der Waals surface area contributed by atoms with Gasteiger partial charge >= 0.3 is 5.76 Å². The van der Waals surface area contributed by atoms with Crippen molar-refractivity contribution in [2.75, 3.05) is 31.1 Å². The van der Waals surface area contributed by atoms with Gasteiger partial charge in [-0.2, -0.15) is 0 Å². The zero-order valence-corrected chi connectivity index (χ0v) is 14.9. The van der Waals surface area contributed by atoms with Crippen molar-refractivity contribution in [3.63, 3.8) is 0 Å². The zero-order chi connectivity index (χ0) is 17.4. The summed E-state index contributed by atoms with van der Waals surface area (Å²) in [6.45, 7) is 6.25. The first-order valence-electron chi connectivity index (χ1n) is 8.43. The molecule has 0 bridgehead atoms. The van der Waals surface area contributed by atoms with Crippen LogP contribution in [-0.2, 0) is 6.67 Å². The molecule has 6 heteroatoms. The molecule has 25 heavy (non-hydrogen) atoms. The lowest BCUT2D eigenvalue weighted by Gasteiger charge is -2.36. The van der Waals surface area contributed by atoms with Crippen LogP contribution in [0.25, 0.3) is 11.1 Å². The van der Waals surface area contributed by atoms with Crippen LogP contribution in [0.5, 0.6) is 0 Å². The number of anilines is 1. The van der Waals surface area contributed by atoms with E-state index in [9.17, 15) is 4.79 Å². The Balaban J connectivity index is 1.48. The van der Waals surface area contributed by atoms with Crippen LogP contribution in [0.15, 0.2) is 51.7 Å². The number of fused-ring (bicyclic) bond motifs is 1. The molecule has 1 aromatic heterocycles. The van der Waals surface area contributed by atoms with Gasteiger partial charge < -0.3 is 9.32 Å². The fraction of sp³-hybridized carbons (Fsp3) is 0.316. The summed E-state index contributed by atoms with van der Waals surface area (Å²) < 4.78 is 7.02. The molecule has 1 aliphatic heterocycles. The fourth-order valence-electron chi connectivity index (χ4n) is 3.40. The van der Waals surface area contributed by atoms with E-state index in [1.165, 1.54) is 11.3 Å². The highest BCUT2D eigenvalue weighted by Gasteiger charge is 2.20. The number of oxazole rings is 1. The van der Waals surface area contributed by atoms with E-state index in [1.807, 2.05) is 36.4 Å². The highest BCUT2D eigenvalue weighted by Crippen LogP contribution is 2.25. The van der Waals surface area contributed by atoms with Gasteiger partial charge in [0, 0.05) is 36.9 Å². The fourth-order valence-corrected chi connectivity index (χ4v) is 3.57. The molecule has 0 N–H and O–H groups in total. The smallest absolute Gasteiger partial charge is 0.408 e. The molecule has 3 aromatic rings. The molecule has 0 amide bonds. The molecule has 2 aromatic carbocycles. The van der Waals surface area contributed by atoms with E-state index in [-0.39, 0.29) is 5.76 Å². The van der Waals surface area contributed by atoms with E-state index in [1.54, 1.807) is 4.57 Å². The Hall–Kier alpha value is -2.24. The van der Waals surface area contributed by atoms with Crippen LogP contribution in [0.2, 0.25) is 5.02 Å². The maximum atomic E-state index is 12.1. The summed E-state index contributed by atoms with van der Waals surface area (Å²) in [5.74, 6) is -0.297. The van der Waals surface area contributed by atoms with Crippen molar-refractivity contribution in [2.45, 2.75) is 13.6 Å². The van der Waals surface area contributed by atoms with Crippen LogP contribution in [0.4, 0.5) is 5.69 Å². The molecule has 1 aliphatic rings. The van der Waals surface area contributed by atoms with Crippen LogP contribution in [0.1, 0.15) is 5.56 Å². The van der Waals surface area contributed by atoms with E-state index in [4.69, 9.17) is 16.0 Å². The van der Waals surface area contributed by atoms with Gasteiger partial charge in [-0.1, -0.05) is 29.8 Å². The third-order valence-corrected chi connectivity index (χ3v) is 5.03. The van der Waals surface area contributed by atoms with E-state index >= 15 is 0 Å². The third kappa shape index (κ3) is 3.17. The molecule has 4 rings (SSSR count). The first kappa shape index (κ1) is 16.2. The minimum Gasteiger partial charge on any atom is -0.408 e. The zero-order valence-electron chi connectivity index (χ0n) is 14.1. The normalized spacial score (nSPS) is 15.8. The Morgan fingerprint density at radius 1 is 1.08 bits per heavy atom. The number of nitrogens with zero attached hydrogens (tertiary/aromatic N) is 3. The van der Waals surface area contributed by atoms with Gasteiger partial charge in [-0.15, -0.1) is 0 Å². The summed E-state index contributed by atoms with van der Waals surface area (Å²) in [5, 5.41) is 0.763. The van der Waals surface area contributed by atoms with Gasteiger partial charge in [0.05, 0.1) is 12.2 Å². The maximum absolute atomic E-state index is 12.1. The van der Waals surface area contributed by atoms with Crippen molar-refractivity contribution in [1.82, 2.24) is 9.47 Å². The minimum atomic E-state index is -0.297. The monoisotopic (exact) mass is 357 g/mol. The van der Waals surface area contributed by atoms with Crippen LogP contribution >= 0.6 is 11.6 Å². The molecule has 0 spiro atoms. The summed E-state index contributed by atoms with van der Waals surface area (Å²) in [5.41, 5.74) is 3.91. The molecule has 0 radical (unpaired) electrons. The molecule has 1 fully saturated rings. The lowest BCUT2D eigenvalue weighted by atomic mass is 10.1. The molecule has 0 aliphatic carbocycles. The van der Waals surface area contributed by atoms with Crippen LogP contribution in [-0.4, -0.2) is 35.6 Å².